The number of cyclic esters (lactones) is 1. The van der Waals surface area contributed by atoms with E-state index in [-0.39, 0.29) is 65.9 Å². The first kappa shape index (κ1) is 58.1. The summed E-state index contributed by atoms with van der Waals surface area (Å²) in [5.41, 5.74) is 2.60. The average molecular weight is 1070 g/mol. The lowest BCUT2D eigenvalue weighted by Gasteiger charge is -2.52. The molecular formula is C64H90O13. The monoisotopic (exact) mass is 1070 g/mol. The minimum absolute atomic E-state index is 0.00128. The topological polar surface area (TPSA) is 136 Å². The van der Waals surface area contributed by atoms with Crippen molar-refractivity contribution < 1.29 is 61.7 Å². The van der Waals surface area contributed by atoms with Crippen LogP contribution in [0.4, 0.5) is 0 Å². The van der Waals surface area contributed by atoms with Crippen molar-refractivity contribution >= 4 is 11.8 Å². The molecule has 2 aromatic carbocycles. The van der Waals surface area contributed by atoms with E-state index in [1.165, 1.54) is 5.57 Å². The summed E-state index contributed by atoms with van der Waals surface area (Å²) >= 11 is 0. The normalized spacial score (nSPS) is 37.1. The molecule has 16 atom stereocenters. The Bertz CT molecular complexity index is 2360. The van der Waals surface area contributed by atoms with Crippen LogP contribution in [0.3, 0.4) is 0 Å². The van der Waals surface area contributed by atoms with Gasteiger partial charge < -0.3 is 52.1 Å². The molecule has 0 bridgehead atoms. The van der Waals surface area contributed by atoms with Crippen LogP contribution in [0.15, 0.2) is 96.6 Å². The Hall–Kier alpha value is -3.60. The highest BCUT2D eigenvalue weighted by molar-refractivity contribution is 5.89. The molecule has 7 heterocycles. The van der Waals surface area contributed by atoms with Crippen LogP contribution in [0.25, 0.3) is 0 Å². The van der Waals surface area contributed by atoms with Crippen LogP contribution in [0.1, 0.15) is 163 Å². The van der Waals surface area contributed by atoms with Crippen molar-refractivity contribution in [3.8, 4) is 0 Å². The van der Waals surface area contributed by atoms with Gasteiger partial charge in [0.2, 0.25) is 6.29 Å². The molecule has 7 aliphatic heterocycles. The van der Waals surface area contributed by atoms with Gasteiger partial charge in [-0.25, -0.2) is 4.79 Å². The zero-order valence-electron chi connectivity index (χ0n) is 47.7. The summed E-state index contributed by atoms with van der Waals surface area (Å²) in [6.07, 6.45) is 13.3. The van der Waals surface area contributed by atoms with Crippen molar-refractivity contribution in [3.05, 3.63) is 108 Å². The molecule has 0 aromatic heterocycles. The van der Waals surface area contributed by atoms with Gasteiger partial charge in [0.1, 0.15) is 18.3 Å². The van der Waals surface area contributed by atoms with E-state index in [9.17, 15) is 9.59 Å². The van der Waals surface area contributed by atoms with Crippen LogP contribution < -0.4 is 0 Å². The highest BCUT2D eigenvalue weighted by Crippen LogP contribution is 2.47. The van der Waals surface area contributed by atoms with Crippen LogP contribution >= 0.6 is 0 Å². The molecule has 9 rings (SSSR count). The number of benzene rings is 2. The van der Waals surface area contributed by atoms with E-state index in [1.807, 2.05) is 63.2 Å². The molecule has 0 radical (unpaired) electrons. The summed E-state index contributed by atoms with van der Waals surface area (Å²) in [4.78, 5) is 27.0. The first-order chi connectivity index (χ1) is 36.8. The van der Waals surface area contributed by atoms with Crippen molar-refractivity contribution in [2.45, 2.75) is 243 Å². The van der Waals surface area contributed by atoms with E-state index in [4.69, 9.17) is 58.7 Å². The number of allylic oxidation sites excluding steroid dienone is 1. The lowest BCUT2D eigenvalue weighted by Crippen LogP contribution is -2.61. The minimum Gasteiger partial charge on any atom is -0.433 e. The molecule has 13 nitrogen and oxygen atoms in total. The van der Waals surface area contributed by atoms with Gasteiger partial charge in [-0.2, -0.15) is 0 Å². The van der Waals surface area contributed by atoms with Gasteiger partial charge in [-0.1, -0.05) is 120 Å². The molecule has 6 saturated heterocycles. The van der Waals surface area contributed by atoms with Crippen molar-refractivity contribution in [1.82, 2.24) is 0 Å². The predicted octanol–water partition coefficient (Wildman–Crippen LogP) is 12.4. The second kappa shape index (κ2) is 24.6. The molecule has 77 heavy (non-hydrogen) atoms. The molecular weight excluding hydrogens is 977 g/mol. The number of hydrogen-bond donors (Lipinski definition) is 0. The fourth-order valence-corrected chi connectivity index (χ4v) is 13.0. The van der Waals surface area contributed by atoms with Crippen LogP contribution in [0, 0.1) is 23.2 Å². The van der Waals surface area contributed by atoms with E-state index < -0.39 is 47.6 Å². The minimum atomic E-state index is -1.10. The third kappa shape index (κ3) is 13.9. The summed E-state index contributed by atoms with van der Waals surface area (Å²) in [7, 11) is 1.66. The van der Waals surface area contributed by atoms with E-state index in [1.54, 1.807) is 20.1 Å². The third-order valence-electron chi connectivity index (χ3n) is 17.6. The highest BCUT2D eigenvalue weighted by Gasteiger charge is 2.55. The quantitative estimate of drug-likeness (QED) is 0.0751. The number of carbonyl (C=O) groups excluding carboxylic acids is 2. The summed E-state index contributed by atoms with van der Waals surface area (Å²) in [6, 6.07) is 20.4. The van der Waals surface area contributed by atoms with Crippen LogP contribution in [0.2, 0.25) is 0 Å². The summed E-state index contributed by atoms with van der Waals surface area (Å²) in [5, 5.41) is 0. The Balaban J connectivity index is 0.856. The van der Waals surface area contributed by atoms with Crippen LogP contribution in [-0.2, 0) is 74.9 Å². The number of esters is 1. The maximum Gasteiger partial charge on any atom is 0.340 e. The molecule has 424 valence electrons. The number of fused-ring (bicyclic) bond motifs is 1. The molecule has 0 unspecified atom stereocenters. The molecule has 2 spiro atoms. The van der Waals surface area contributed by atoms with Crippen LogP contribution in [0.5, 0.6) is 0 Å². The molecule has 13 heteroatoms. The fourth-order valence-electron chi connectivity index (χ4n) is 13.0. The largest absolute Gasteiger partial charge is 0.433 e. The van der Waals surface area contributed by atoms with Crippen molar-refractivity contribution in [2.75, 3.05) is 13.7 Å². The standard InChI is InChI=1S/C64H90O13/c1-42-36-52(74-64(38-42)31-19-24-50(73-64)39-61(9)58(66)72-59(77-61)60(6,7)8)43(2)25-26-49(65)28-33-62(67-10)34-29-51-57(76-62)56(69-41-48-22-15-12-16-23-48)46(5)55(71-51)53(68-40-47-20-13-11-14-21-47)37-45(4)54-44(3)27-32-63(75-54)30-17-18-35-70-63/h11-16,20-23,25-26,38,43-45,50-57,59H,5,17-19,24,27-37,39-41H2,1-4,6-10H3/b26-25+/t43-,44-,45+,50+,51-,52+,53+,54+,55+,56-,57-,59-,61-,62-,63+,64+/m1/s1. The smallest absolute Gasteiger partial charge is 0.340 e. The van der Waals surface area contributed by atoms with Gasteiger partial charge in [-0.3, -0.25) is 4.79 Å². The molecule has 0 aliphatic carbocycles. The maximum absolute atomic E-state index is 13.9. The molecule has 2 aromatic rings. The zero-order valence-corrected chi connectivity index (χ0v) is 47.7. The highest BCUT2D eigenvalue weighted by atomic mass is 16.8. The van der Waals surface area contributed by atoms with E-state index >= 15 is 0 Å². The molecule has 0 saturated carbocycles. The van der Waals surface area contributed by atoms with E-state index in [0.717, 1.165) is 68.3 Å². The Morgan fingerprint density at radius 3 is 2.31 bits per heavy atom. The number of ketones is 1. The van der Waals surface area contributed by atoms with Crippen molar-refractivity contribution in [3.63, 3.8) is 0 Å². The van der Waals surface area contributed by atoms with Gasteiger partial charge in [0, 0.05) is 63.4 Å². The van der Waals surface area contributed by atoms with Crippen molar-refractivity contribution in [2.24, 2.45) is 23.2 Å². The van der Waals surface area contributed by atoms with Crippen molar-refractivity contribution in [1.29, 1.82) is 0 Å². The van der Waals surface area contributed by atoms with E-state index in [2.05, 4.69) is 58.0 Å². The number of hydrogen-bond acceptors (Lipinski definition) is 13. The molecule has 0 N–H and O–H groups in total. The Morgan fingerprint density at radius 1 is 0.883 bits per heavy atom. The Labute approximate surface area is 459 Å². The van der Waals surface area contributed by atoms with Crippen LogP contribution in [-0.4, -0.2) is 104 Å². The Kier molecular flexibility index (Phi) is 18.6. The van der Waals surface area contributed by atoms with Gasteiger partial charge in [0.25, 0.3) is 0 Å². The average Bonchev–Trinajstić information content (AvgIpc) is 3.72. The van der Waals surface area contributed by atoms with E-state index in [0.29, 0.717) is 64.1 Å². The van der Waals surface area contributed by atoms with Gasteiger partial charge in [-0.05, 0) is 106 Å². The van der Waals surface area contributed by atoms with Gasteiger partial charge >= 0.3 is 5.97 Å². The van der Waals surface area contributed by atoms with Gasteiger partial charge in [0.15, 0.2) is 28.7 Å². The predicted molar refractivity (Wildman–Crippen MR) is 292 cm³/mol. The number of methoxy groups -OCH3 is 1. The first-order valence-electron chi connectivity index (χ1n) is 29.1. The van der Waals surface area contributed by atoms with Gasteiger partial charge in [0.05, 0.1) is 50.3 Å². The summed E-state index contributed by atoms with van der Waals surface area (Å²) in [6.45, 7) is 22.8. The molecule has 0 amide bonds. The second-order valence-corrected chi connectivity index (χ2v) is 25.1. The molecule has 7 aliphatic rings. The maximum atomic E-state index is 13.9. The molecule has 6 fully saturated rings. The number of carbonyl (C=O) groups is 2. The fraction of sp³-hybridized carbons (Fsp3) is 0.688. The first-order valence-corrected chi connectivity index (χ1v) is 29.1. The van der Waals surface area contributed by atoms with Gasteiger partial charge in [-0.15, -0.1) is 0 Å². The summed E-state index contributed by atoms with van der Waals surface area (Å²) in [5.74, 6) is -2.45. The Morgan fingerprint density at radius 2 is 1.62 bits per heavy atom. The third-order valence-corrected chi connectivity index (χ3v) is 17.6. The zero-order chi connectivity index (χ0) is 54.6. The number of ether oxygens (including phenoxy) is 11. The number of rotatable bonds is 19. The second-order valence-electron chi connectivity index (χ2n) is 25.1. The SMILES string of the molecule is C=C1[C@@H](OCc2ccccc2)[C@@H]2O[C@@](CCC(=O)/C=C/[C@@H](C)[C@@H]3CC(C)=C[C@]4(CCC[C@@H](C[C@@]5(C)O[C@H](C(C)(C)C)OC5=O)O4)O3)(OC)CC[C@H]2O[C@@H]1[C@H](C[C@H](C)[C@H]1O[C@@]2(CCCCO2)CC[C@H]1C)OCc1ccccc1. The summed E-state index contributed by atoms with van der Waals surface area (Å²) < 4.78 is 73.4. The lowest BCUT2D eigenvalue weighted by molar-refractivity contribution is -0.328. The lowest BCUT2D eigenvalue weighted by atomic mass is 9.79.